The molecule has 1 aromatic rings. The van der Waals surface area contributed by atoms with E-state index in [1.807, 2.05) is 6.07 Å². The number of hydrogen-bond acceptors (Lipinski definition) is 4. The zero-order chi connectivity index (χ0) is 15.2. The molecule has 0 bridgehead atoms. The minimum absolute atomic E-state index is 0.0403. The highest BCUT2D eigenvalue weighted by atomic mass is 32.1. The number of carbonyl (C=O) groups excluding carboxylic acids is 2. The lowest BCUT2D eigenvalue weighted by atomic mass is 9.86. The summed E-state index contributed by atoms with van der Waals surface area (Å²) in [5, 5.41) is 14.9. The van der Waals surface area contributed by atoms with Crippen LogP contribution in [0.3, 0.4) is 0 Å². The van der Waals surface area contributed by atoms with Crippen molar-refractivity contribution in [1.82, 2.24) is 10.6 Å². The van der Waals surface area contributed by atoms with Crippen LogP contribution in [-0.2, 0) is 11.3 Å². The normalized spacial score (nSPS) is 21.8. The van der Waals surface area contributed by atoms with Gasteiger partial charge in [0.05, 0.1) is 11.4 Å². The summed E-state index contributed by atoms with van der Waals surface area (Å²) in [7, 11) is 0. The maximum atomic E-state index is 12.2. The van der Waals surface area contributed by atoms with Crippen LogP contribution in [0.25, 0.3) is 0 Å². The monoisotopic (exact) mass is 310 g/mol. The van der Waals surface area contributed by atoms with Crippen LogP contribution < -0.4 is 10.6 Å². The van der Waals surface area contributed by atoms with Gasteiger partial charge in [0.2, 0.25) is 5.91 Å². The van der Waals surface area contributed by atoms with Gasteiger partial charge < -0.3 is 15.7 Å². The van der Waals surface area contributed by atoms with Crippen molar-refractivity contribution in [1.29, 1.82) is 0 Å². The van der Waals surface area contributed by atoms with E-state index in [2.05, 4.69) is 10.6 Å². The molecule has 116 valence electrons. The fourth-order valence-electron chi connectivity index (χ4n) is 2.55. The van der Waals surface area contributed by atoms with Gasteiger partial charge in [0.15, 0.2) is 0 Å². The fraction of sp³-hybridized carbons (Fsp3) is 0.600. The van der Waals surface area contributed by atoms with Crippen LogP contribution in [0.1, 0.15) is 47.2 Å². The van der Waals surface area contributed by atoms with Crippen molar-refractivity contribution < 1.29 is 14.7 Å². The van der Waals surface area contributed by atoms with E-state index in [0.717, 1.165) is 30.6 Å². The maximum absolute atomic E-state index is 12.2. The first-order valence-electron chi connectivity index (χ1n) is 7.33. The average molecular weight is 310 g/mol. The van der Waals surface area contributed by atoms with Crippen molar-refractivity contribution in [3.8, 4) is 0 Å². The molecule has 2 amide bonds. The molecule has 1 aliphatic rings. The van der Waals surface area contributed by atoms with Gasteiger partial charge in [-0.25, -0.2) is 0 Å². The third-order valence-electron chi connectivity index (χ3n) is 3.84. The summed E-state index contributed by atoms with van der Waals surface area (Å²) >= 11 is 1.41. The highest BCUT2D eigenvalue weighted by Crippen LogP contribution is 2.24. The highest BCUT2D eigenvalue weighted by molar-refractivity contribution is 7.14. The van der Waals surface area contributed by atoms with E-state index in [4.69, 9.17) is 5.11 Å². The first-order valence-corrected chi connectivity index (χ1v) is 8.15. The SMILES string of the molecule is CC(=O)NCc1ccc(C(=O)NC2CCC(CO)CC2)s1. The third kappa shape index (κ3) is 4.82. The Kier molecular flexibility index (Phi) is 5.76. The second-order valence-electron chi connectivity index (χ2n) is 5.55. The molecule has 1 fully saturated rings. The van der Waals surface area contributed by atoms with E-state index in [1.165, 1.54) is 18.3 Å². The van der Waals surface area contributed by atoms with E-state index in [9.17, 15) is 9.59 Å². The predicted molar refractivity (Wildman–Crippen MR) is 82.1 cm³/mol. The van der Waals surface area contributed by atoms with Gasteiger partial charge in [-0.2, -0.15) is 0 Å². The van der Waals surface area contributed by atoms with Gasteiger partial charge in [-0.1, -0.05) is 0 Å². The van der Waals surface area contributed by atoms with Crippen molar-refractivity contribution in [3.05, 3.63) is 21.9 Å². The Morgan fingerprint density at radius 3 is 2.62 bits per heavy atom. The Hall–Kier alpha value is -1.40. The molecular formula is C15H22N2O3S. The summed E-state index contributed by atoms with van der Waals surface area (Å²) in [5.74, 6) is 0.278. The molecular weight excluding hydrogens is 288 g/mol. The number of aliphatic hydroxyl groups is 1. The molecule has 1 aliphatic carbocycles. The van der Waals surface area contributed by atoms with Crippen molar-refractivity contribution in [3.63, 3.8) is 0 Å². The first-order chi connectivity index (χ1) is 10.1. The third-order valence-corrected chi connectivity index (χ3v) is 4.92. The lowest BCUT2D eigenvalue weighted by molar-refractivity contribution is -0.119. The molecule has 21 heavy (non-hydrogen) atoms. The van der Waals surface area contributed by atoms with E-state index in [0.29, 0.717) is 17.3 Å². The Morgan fingerprint density at radius 2 is 2.00 bits per heavy atom. The Labute approximate surface area is 128 Å². The highest BCUT2D eigenvalue weighted by Gasteiger charge is 2.22. The first kappa shape index (κ1) is 16.0. The largest absolute Gasteiger partial charge is 0.396 e. The van der Waals surface area contributed by atoms with Crippen LogP contribution in [0.15, 0.2) is 12.1 Å². The number of aliphatic hydroxyl groups excluding tert-OH is 1. The number of hydrogen-bond donors (Lipinski definition) is 3. The zero-order valence-corrected chi connectivity index (χ0v) is 13.0. The van der Waals surface area contributed by atoms with Gasteiger partial charge in [-0.15, -0.1) is 11.3 Å². The molecule has 1 heterocycles. The van der Waals surface area contributed by atoms with Gasteiger partial charge in [0, 0.05) is 24.4 Å². The fourth-order valence-corrected chi connectivity index (χ4v) is 3.40. The molecule has 5 nitrogen and oxygen atoms in total. The summed E-state index contributed by atoms with van der Waals surface area (Å²) in [5.41, 5.74) is 0. The van der Waals surface area contributed by atoms with Crippen molar-refractivity contribution >= 4 is 23.2 Å². The van der Waals surface area contributed by atoms with Crippen LogP contribution >= 0.6 is 11.3 Å². The van der Waals surface area contributed by atoms with Gasteiger partial charge in [0.1, 0.15) is 0 Å². The van der Waals surface area contributed by atoms with Crippen LogP contribution in [0.5, 0.6) is 0 Å². The number of carbonyl (C=O) groups is 2. The zero-order valence-electron chi connectivity index (χ0n) is 12.2. The molecule has 0 radical (unpaired) electrons. The van der Waals surface area contributed by atoms with E-state index >= 15 is 0 Å². The minimum Gasteiger partial charge on any atom is -0.396 e. The second kappa shape index (κ2) is 7.56. The Balaban J connectivity index is 1.82. The van der Waals surface area contributed by atoms with Gasteiger partial charge >= 0.3 is 0 Å². The quantitative estimate of drug-likeness (QED) is 0.774. The summed E-state index contributed by atoms with van der Waals surface area (Å²) in [6, 6.07) is 3.88. The number of thiophene rings is 1. The number of rotatable bonds is 5. The standard InChI is InChI=1S/C15H22N2O3S/c1-10(19)16-8-13-6-7-14(21-13)15(20)17-12-4-2-11(9-18)3-5-12/h6-7,11-12,18H,2-5,8-9H2,1H3,(H,16,19)(H,17,20). The predicted octanol–water partition coefficient (Wildman–Crippen LogP) is 1.67. The molecule has 3 N–H and O–H groups in total. The lowest BCUT2D eigenvalue weighted by Crippen LogP contribution is -2.37. The van der Waals surface area contributed by atoms with Crippen LogP contribution in [-0.4, -0.2) is 29.6 Å². The van der Waals surface area contributed by atoms with Crippen molar-refractivity contribution in [2.45, 2.75) is 45.2 Å². The van der Waals surface area contributed by atoms with E-state index in [-0.39, 0.29) is 24.5 Å². The van der Waals surface area contributed by atoms with E-state index < -0.39 is 0 Å². The number of amides is 2. The topological polar surface area (TPSA) is 78.4 Å². The Bertz CT molecular complexity index is 493. The average Bonchev–Trinajstić information content (AvgIpc) is 2.95. The summed E-state index contributed by atoms with van der Waals surface area (Å²) < 4.78 is 0. The molecule has 0 unspecified atom stereocenters. The molecule has 0 saturated heterocycles. The second-order valence-corrected chi connectivity index (χ2v) is 6.72. The van der Waals surface area contributed by atoms with Crippen LogP contribution in [0.2, 0.25) is 0 Å². The van der Waals surface area contributed by atoms with Crippen molar-refractivity contribution in [2.24, 2.45) is 5.92 Å². The molecule has 0 aromatic carbocycles. The van der Waals surface area contributed by atoms with Crippen molar-refractivity contribution in [2.75, 3.05) is 6.61 Å². The smallest absolute Gasteiger partial charge is 0.261 e. The molecule has 1 saturated carbocycles. The minimum atomic E-state index is -0.0740. The maximum Gasteiger partial charge on any atom is 0.261 e. The molecule has 2 rings (SSSR count). The number of nitrogens with one attached hydrogen (secondary N) is 2. The van der Waals surface area contributed by atoms with E-state index in [1.54, 1.807) is 6.07 Å². The van der Waals surface area contributed by atoms with Gasteiger partial charge in [0.25, 0.3) is 5.91 Å². The van der Waals surface area contributed by atoms with Crippen LogP contribution in [0.4, 0.5) is 0 Å². The molecule has 6 heteroatoms. The lowest BCUT2D eigenvalue weighted by Gasteiger charge is -2.27. The van der Waals surface area contributed by atoms with Crippen LogP contribution in [0, 0.1) is 5.92 Å². The van der Waals surface area contributed by atoms with Gasteiger partial charge in [-0.05, 0) is 43.7 Å². The Morgan fingerprint density at radius 1 is 1.29 bits per heavy atom. The molecule has 1 aromatic heterocycles. The van der Waals surface area contributed by atoms with Gasteiger partial charge in [-0.3, -0.25) is 9.59 Å². The summed E-state index contributed by atoms with van der Waals surface area (Å²) in [6.45, 7) is 2.19. The molecule has 0 aliphatic heterocycles. The molecule has 0 atom stereocenters. The summed E-state index contributed by atoms with van der Waals surface area (Å²) in [4.78, 5) is 24.7. The summed E-state index contributed by atoms with van der Waals surface area (Å²) in [6.07, 6.45) is 3.81. The molecule has 0 spiro atoms.